The van der Waals surface area contributed by atoms with Crippen LogP contribution < -0.4 is 5.32 Å². The molecule has 2 heterocycles. The highest BCUT2D eigenvalue weighted by atomic mass is 16.2. The van der Waals surface area contributed by atoms with Gasteiger partial charge in [-0.3, -0.25) is 14.6 Å². The average Bonchev–Trinajstić information content (AvgIpc) is 2.84. The lowest BCUT2D eigenvalue weighted by Crippen LogP contribution is -2.24. The first-order valence-corrected chi connectivity index (χ1v) is 4.24. The van der Waals surface area contributed by atoms with Gasteiger partial charge in [0.05, 0.1) is 6.54 Å². The number of carbonyl (C=O) groups excluding carboxylic acids is 1. The summed E-state index contributed by atoms with van der Waals surface area (Å²) in [6.45, 7) is 0.264. The van der Waals surface area contributed by atoms with Gasteiger partial charge in [0, 0.05) is 7.05 Å². The quantitative estimate of drug-likeness (QED) is 0.662. The first kappa shape index (κ1) is 9.31. The van der Waals surface area contributed by atoms with Crippen LogP contribution in [0.3, 0.4) is 0 Å². The first-order valence-electron chi connectivity index (χ1n) is 4.24. The van der Waals surface area contributed by atoms with Gasteiger partial charge in [0.1, 0.15) is 12.7 Å². The molecule has 2 aromatic heterocycles. The van der Waals surface area contributed by atoms with Crippen molar-refractivity contribution in [1.29, 1.82) is 0 Å². The fourth-order valence-corrected chi connectivity index (χ4v) is 1.02. The van der Waals surface area contributed by atoms with Crippen LogP contribution in [0.2, 0.25) is 0 Å². The van der Waals surface area contributed by atoms with Crippen LogP contribution in [0.5, 0.6) is 0 Å². The van der Waals surface area contributed by atoms with Crippen LogP contribution in [0.4, 0.5) is 0 Å². The molecule has 1 amide bonds. The molecule has 0 aliphatic carbocycles. The topological polar surface area (TPSA) is 101 Å². The minimum atomic E-state index is -0.333. The molecule has 2 N–H and O–H groups in total. The number of H-pyrrole nitrogens is 1. The summed E-state index contributed by atoms with van der Waals surface area (Å²) in [6.07, 6.45) is 2.84. The van der Waals surface area contributed by atoms with Crippen molar-refractivity contribution < 1.29 is 4.79 Å². The van der Waals surface area contributed by atoms with E-state index in [4.69, 9.17) is 0 Å². The molecule has 78 valence electrons. The maximum atomic E-state index is 11.4. The number of nitrogens with one attached hydrogen (secondary N) is 2. The van der Waals surface area contributed by atoms with Gasteiger partial charge in [-0.1, -0.05) is 0 Å². The summed E-state index contributed by atoms with van der Waals surface area (Å²) in [7, 11) is 1.76. The van der Waals surface area contributed by atoms with Gasteiger partial charge in [-0.15, -0.1) is 0 Å². The van der Waals surface area contributed by atoms with Crippen molar-refractivity contribution >= 4 is 5.91 Å². The van der Waals surface area contributed by atoms with E-state index in [1.165, 1.54) is 6.33 Å². The molecule has 8 heteroatoms. The van der Waals surface area contributed by atoms with Crippen LogP contribution in [-0.4, -0.2) is 35.9 Å². The third-order valence-corrected chi connectivity index (χ3v) is 1.68. The van der Waals surface area contributed by atoms with Crippen LogP contribution in [-0.2, 0) is 13.6 Å². The van der Waals surface area contributed by atoms with Gasteiger partial charge in [0.15, 0.2) is 5.82 Å². The molecule has 0 bridgehead atoms. The molecular weight excluding hydrogens is 198 g/mol. The molecule has 2 rings (SSSR count). The van der Waals surface area contributed by atoms with Crippen LogP contribution in [0.25, 0.3) is 0 Å². The Morgan fingerprint density at radius 2 is 2.47 bits per heavy atom. The maximum Gasteiger partial charge on any atom is 0.288 e. The molecule has 0 aliphatic heterocycles. The minimum Gasteiger partial charge on any atom is -0.342 e. The van der Waals surface area contributed by atoms with Crippen LogP contribution in [0.1, 0.15) is 16.4 Å². The fraction of sp³-hybridized carbons (Fsp3) is 0.286. The predicted octanol–water partition coefficient (Wildman–Crippen LogP) is -1.14. The number of hydrogen-bond donors (Lipinski definition) is 2. The summed E-state index contributed by atoms with van der Waals surface area (Å²) in [4.78, 5) is 19.0. The van der Waals surface area contributed by atoms with Crippen molar-refractivity contribution in [3.8, 4) is 0 Å². The summed E-state index contributed by atoms with van der Waals surface area (Å²) < 4.78 is 1.57. The second-order valence-electron chi connectivity index (χ2n) is 2.85. The summed E-state index contributed by atoms with van der Waals surface area (Å²) >= 11 is 0. The molecule has 0 spiro atoms. The number of rotatable bonds is 3. The van der Waals surface area contributed by atoms with Crippen molar-refractivity contribution in [3.05, 3.63) is 24.3 Å². The van der Waals surface area contributed by atoms with Crippen molar-refractivity contribution in [3.63, 3.8) is 0 Å². The van der Waals surface area contributed by atoms with Crippen molar-refractivity contribution in [2.75, 3.05) is 0 Å². The largest absolute Gasteiger partial charge is 0.342 e. The van der Waals surface area contributed by atoms with Crippen LogP contribution >= 0.6 is 0 Å². The summed E-state index contributed by atoms with van der Waals surface area (Å²) in [5.74, 6) is 0.385. The Morgan fingerprint density at radius 1 is 1.60 bits per heavy atom. The number of aromatic amines is 1. The summed E-state index contributed by atoms with van der Waals surface area (Å²) in [5, 5.41) is 12.6. The van der Waals surface area contributed by atoms with Gasteiger partial charge in [-0.25, -0.2) is 9.97 Å². The lowest BCUT2D eigenvalue weighted by atomic mass is 10.5. The predicted molar refractivity (Wildman–Crippen MR) is 48.6 cm³/mol. The van der Waals surface area contributed by atoms with Gasteiger partial charge >= 0.3 is 0 Å². The van der Waals surface area contributed by atoms with E-state index in [0.717, 1.165) is 0 Å². The van der Waals surface area contributed by atoms with E-state index in [1.807, 2.05) is 0 Å². The smallest absolute Gasteiger partial charge is 0.288 e. The average molecular weight is 207 g/mol. The Bertz CT molecular complexity index is 446. The highest BCUT2D eigenvalue weighted by Gasteiger charge is 2.08. The van der Waals surface area contributed by atoms with E-state index < -0.39 is 0 Å². The normalized spacial score (nSPS) is 10.2. The van der Waals surface area contributed by atoms with Crippen molar-refractivity contribution in [2.45, 2.75) is 6.54 Å². The molecule has 0 saturated carbocycles. The zero-order valence-corrected chi connectivity index (χ0v) is 8.01. The molecular formula is C7H9N7O. The van der Waals surface area contributed by atoms with Gasteiger partial charge < -0.3 is 5.32 Å². The third kappa shape index (κ3) is 2.16. The highest BCUT2D eigenvalue weighted by molar-refractivity contribution is 5.90. The van der Waals surface area contributed by atoms with E-state index in [2.05, 4.69) is 30.6 Å². The molecule has 0 fully saturated rings. The second-order valence-corrected chi connectivity index (χ2v) is 2.85. The molecule has 0 saturated heterocycles. The van der Waals surface area contributed by atoms with E-state index >= 15 is 0 Å². The van der Waals surface area contributed by atoms with Crippen molar-refractivity contribution in [2.24, 2.45) is 7.05 Å². The molecule has 8 nitrogen and oxygen atoms in total. The zero-order valence-electron chi connectivity index (χ0n) is 8.01. The van der Waals surface area contributed by atoms with Gasteiger partial charge in [0.25, 0.3) is 5.91 Å². The zero-order chi connectivity index (χ0) is 10.7. The number of nitrogens with zero attached hydrogens (tertiary/aromatic N) is 5. The van der Waals surface area contributed by atoms with Gasteiger partial charge in [-0.2, -0.15) is 10.2 Å². The molecule has 15 heavy (non-hydrogen) atoms. The summed E-state index contributed by atoms with van der Waals surface area (Å²) in [5.41, 5.74) is 0. The van der Waals surface area contributed by atoms with Crippen LogP contribution in [0.15, 0.2) is 12.7 Å². The molecule has 0 unspecified atom stereocenters. The van der Waals surface area contributed by atoms with Crippen molar-refractivity contribution in [1.82, 2.24) is 35.3 Å². The minimum absolute atomic E-state index is 0.172. The number of hydrogen-bond acceptors (Lipinski definition) is 5. The molecule has 0 radical (unpaired) electrons. The molecule has 0 aliphatic rings. The standard InChI is InChI=1S/C7H9N7O/c1-14-4-10-5(13-14)2-8-7(15)6-9-3-11-12-6/h3-4H,2H2,1H3,(H,8,15)(H,9,11,12). The lowest BCUT2D eigenvalue weighted by Gasteiger charge is -1.97. The SMILES string of the molecule is Cn1cnc(CNC(=O)c2ncn[nH]2)n1. The number of aromatic nitrogens is 6. The van der Waals surface area contributed by atoms with Crippen LogP contribution in [0, 0.1) is 0 Å². The monoisotopic (exact) mass is 207 g/mol. The Kier molecular flexibility index (Phi) is 2.40. The molecule has 0 aromatic carbocycles. The lowest BCUT2D eigenvalue weighted by molar-refractivity contribution is 0.0940. The second kappa shape index (κ2) is 3.86. The first-order chi connectivity index (χ1) is 7.25. The number of aryl methyl sites for hydroxylation is 1. The van der Waals surface area contributed by atoms with Gasteiger partial charge in [0.2, 0.25) is 5.82 Å². The Labute approximate surface area is 84.7 Å². The highest BCUT2D eigenvalue weighted by Crippen LogP contribution is 1.89. The van der Waals surface area contributed by atoms with E-state index in [1.54, 1.807) is 18.1 Å². The Morgan fingerprint density at radius 3 is 3.07 bits per heavy atom. The van der Waals surface area contributed by atoms with Gasteiger partial charge in [-0.05, 0) is 0 Å². The maximum absolute atomic E-state index is 11.4. The van der Waals surface area contributed by atoms with E-state index in [0.29, 0.717) is 5.82 Å². The Balaban J connectivity index is 1.91. The molecule has 2 aromatic rings. The third-order valence-electron chi connectivity index (χ3n) is 1.68. The van der Waals surface area contributed by atoms with E-state index in [-0.39, 0.29) is 18.3 Å². The number of carbonyl (C=O) groups is 1. The fourth-order valence-electron chi connectivity index (χ4n) is 1.02. The number of amides is 1. The van der Waals surface area contributed by atoms with E-state index in [9.17, 15) is 4.79 Å². The molecule has 0 atom stereocenters. The summed E-state index contributed by atoms with van der Waals surface area (Å²) in [6, 6.07) is 0. The Hall–Kier alpha value is -2.25.